The topological polar surface area (TPSA) is 40.5 Å². The number of hydrogen-bond acceptors (Lipinski definition) is 4. The van der Waals surface area contributed by atoms with Gasteiger partial charge in [0.15, 0.2) is 0 Å². The maximum Gasteiger partial charge on any atom is 0.0980 e. The number of hydrogen-bond donors (Lipinski definition) is 2. The first-order valence-electron chi connectivity index (χ1n) is 3.36. The minimum atomic E-state index is -0.532. The second-order valence-corrected chi connectivity index (χ2v) is 5.01. The van der Waals surface area contributed by atoms with E-state index >= 15 is 0 Å². The van der Waals surface area contributed by atoms with Gasteiger partial charge in [0.1, 0.15) is 0 Å². The smallest absolute Gasteiger partial charge is 0.0980 e. The Bertz CT molecular complexity index is 93.7. The largest absolute Gasteiger partial charge is 0.394 e. The van der Waals surface area contributed by atoms with E-state index in [9.17, 15) is 5.11 Å². The molecule has 1 saturated heterocycles. The van der Waals surface area contributed by atoms with Gasteiger partial charge < -0.3 is 10.2 Å². The first kappa shape index (κ1) is 8.71. The van der Waals surface area contributed by atoms with Crippen molar-refractivity contribution in [1.82, 2.24) is 0 Å². The van der Waals surface area contributed by atoms with Crippen molar-refractivity contribution in [3.8, 4) is 0 Å². The van der Waals surface area contributed by atoms with E-state index in [1.165, 1.54) is 6.42 Å². The van der Waals surface area contributed by atoms with Crippen molar-refractivity contribution in [3.05, 3.63) is 0 Å². The third-order valence-electron chi connectivity index (χ3n) is 1.35. The molecule has 1 fully saturated rings. The van der Waals surface area contributed by atoms with Crippen LogP contribution >= 0.6 is 23.5 Å². The second kappa shape index (κ2) is 4.49. The molecule has 1 heterocycles. The predicted octanol–water partition coefficient (Wildman–Crippen LogP) is 0.536. The van der Waals surface area contributed by atoms with E-state index < -0.39 is 6.10 Å². The summed E-state index contributed by atoms with van der Waals surface area (Å²) >= 11 is 3.50. The lowest BCUT2D eigenvalue weighted by atomic mass is 10.4. The van der Waals surface area contributed by atoms with Crippen LogP contribution in [0.2, 0.25) is 0 Å². The molecule has 2 N–H and O–H groups in total. The molecule has 1 rings (SSSR count). The van der Waals surface area contributed by atoms with Crippen LogP contribution in [0.1, 0.15) is 6.42 Å². The molecule has 1 aliphatic heterocycles. The Kier molecular flexibility index (Phi) is 3.91. The highest BCUT2D eigenvalue weighted by Gasteiger charge is 2.21. The van der Waals surface area contributed by atoms with Gasteiger partial charge in [0.05, 0.1) is 17.3 Å². The fourth-order valence-corrected chi connectivity index (χ4v) is 3.66. The van der Waals surface area contributed by atoms with E-state index in [0.717, 1.165) is 11.5 Å². The van der Waals surface area contributed by atoms with Gasteiger partial charge in [-0.15, -0.1) is 23.5 Å². The Balaban J connectivity index is 2.24. The molecule has 1 unspecified atom stereocenters. The average molecular weight is 180 g/mol. The van der Waals surface area contributed by atoms with Gasteiger partial charge in [-0.2, -0.15) is 0 Å². The van der Waals surface area contributed by atoms with Gasteiger partial charge in [-0.3, -0.25) is 0 Å². The normalized spacial score (nSPS) is 24.6. The molecular weight excluding hydrogens is 168 g/mol. The van der Waals surface area contributed by atoms with Crippen LogP contribution in [0.25, 0.3) is 0 Å². The van der Waals surface area contributed by atoms with Crippen molar-refractivity contribution in [2.45, 2.75) is 17.1 Å². The Morgan fingerprint density at radius 1 is 1.40 bits per heavy atom. The summed E-state index contributed by atoms with van der Waals surface area (Å²) in [6.07, 6.45) is 0.694. The van der Waals surface area contributed by atoms with E-state index in [-0.39, 0.29) is 11.2 Å². The highest BCUT2D eigenvalue weighted by Crippen LogP contribution is 2.32. The van der Waals surface area contributed by atoms with Crippen LogP contribution in [0.5, 0.6) is 0 Å². The number of thioether (sulfide) groups is 2. The monoisotopic (exact) mass is 180 g/mol. The molecule has 0 radical (unpaired) electrons. The molecule has 0 saturated carbocycles. The lowest BCUT2D eigenvalue weighted by Gasteiger charge is -2.23. The Labute approximate surface area is 69.4 Å². The van der Waals surface area contributed by atoms with Crippen LogP contribution in [-0.4, -0.2) is 39.0 Å². The van der Waals surface area contributed by atoms with Crippen molar-refractivity contribution in [3.63, 3.8) is 0 Å². The molecule has 10 heavy (non-hydrogen) atoms. The lowest BCUT2D eigenvalue weighted by Crippen LogP contribution is -2.26. The first-order valence-corrected chi connectivity index (χ1v) is 5.46. The molecule has 2 nitrogen and oxygen atoms in total. The SMILES string of the molecule is OCC(O)C1SCCCS1. The van der Waals surface area contributed by atoms with Crippen molar-refractivity contribution >= 4 is 23.5 Å². The van der Waals surface area contributed by atoms with Gasteiger partial charge in [-0.1, -0.05) is 0 Å². The van der Waals surface area contributed by atoms with Crippen LogP contribution in [0.15, 0.2) is 0 Å². The van der Waals surface area contributed by atoms with Crippen molar-refractivity contribution in [2.24, 2.45) is 0 Å². The Hall–Kier alpha value is 0.620. The summed E-state index contributed by atoms with van der Waals surface area (Å²) in [5.74, 6) is 2.24. The zero-order valence-electron chi connectivity index (χ0n) is 5.69. The second-order valence-electron chi connectivity index (χ2n) is 2.21. The molecule has 0 spiro atoms. The summed E-state index contributed by atoms with van der Waals surface area (Å²) in [5.41, 5.74) is 0. The summed E-state index contributed by atoms with van der Waals surface area (Å²) < 4.78 is 0.207. The quantitative estimate of drug-likeness (QED) is 0.650. The van der Waals surface area contributed by atoms with E-state index in [1.807, 2.05) is 0 Å². The fourth-order valence-electron chi connectivity index (χ4n) is 0.814. The molecular formula is C6H12O2S2. The fraction of sp³-hybridized carbons (Fsp3) is 1.00. The Morgan fingerprint density at radius 2 is 2.00 bits per heavy atom. The molecule has 0 bridgehead atoms. The van der Waals surface area contributed by atoms with E-state index in [1.54, 1.807) is 23.5 Å². The third-order valence-corrected chi connectivity index (χ3v) is 4.50. The molecule has 0 aromatic heterocycles. The predicted molar refractivity (Wildman–Crippen MR) is 46.4 cm³/mol. The zero-order chi connectivity index (χ0) is 7.40. The van der Waals surface area contributed by atoms with Crippen LogP contribution in [-0.2, 0) is 0 Å². The van der Waals surface area contributed by atoms with Crippen LogP contribution in [0.3, 0.4) is 0 Å². The van der Waals surface area contributed by atoms with Crippen molar-refractivity contribution in [1.29, 1.82) is 0 Å². The van der Waals surface area contributed by atoms with Gasteiger partial charge in [-0.25, -0.2) is 0 Å². The summed E-state index contributed by atoms with van der Waals surface area (Å²) in [5, 5.41) is 17.8. The number of rotatable bonds is 2. The lowest BCUT2D eigenvalue weighted by molar-refractivity contribution is 0.108. The Morgan fingerprint density at radius 3 is 2.50 bits per heavy atom. The minimum Gasteiger partial charge on any atom is -0.394 e. The average Bonchev–Trinajstić information content (AvgIpc) is 2.05. The zero-order valence-corrected chi connectivity index (χ0v) is 7.33. The maximum absolute atomic E-state index is 9.19. The summed E-state index contributed by atoms with van der Waals surface area (Å²) in [6.45, 7) is -0.106. The number of aliphatic hydroxyl groups excluding tert-OH is 2. The van der Waals surface area contributed by atoms with Gasteiger partial charge in [0.2, 0.25) is 0 Å². The van der Waals surface area contributed by atoms with Gasteiger partial charge >= 0.3 is 0 Å². The highest BCUT2D eigenvalue weighted by atomic mass is 32.2. The molecule has 0 aliphatic carbocycles. The van der Waals surface area contributed by atoms with E-state index in [0.29, 0.717) is 0 Å². The van der Waals surface area contributed by atoms with Crippen molar-refractivity contribution in [2.75, 3.05) is 18.1 Å². The third kappa shape index (κ3) is 2.34. The summed E-state index contributed by atoms with van der Waals surface area (Å²) in [7, 11) is 0. The first-order chi connectivity index (χ1) is 4.84. The summed E-state index contributed by atoms with van der Waals surface area (Å²) in [4.78, 5) is 0. The maximum atomic E-state index is 9.19. The molecule has 60 valence electrons. The molecule has 0 aromatic carbocycles. The van der Waals surface area contributed by atoms with Gasteiger partial charge in [-0.05, 0) is 17.9 Å². The highest BCUT2D eigenvalue weighted by molar-refractivity contribution is 8.17. The van der Waals surface area contributed by atoms with Crippen LogP contribution < -0.4 is 0 Å². The summed E-state index contributed by atoms with van der Waals surface area (Å²) in [6, 6.07) is 0. The van der Waals surface area contributed by atoms with Crippen LogP contribution in [0.4, 0.5) is 0 Å². The van der Waals surface area contributed by atoms with Gasteiger partial charge in [0, 0.05) is 0 Å². The molecule has 0 amide bonds. The molecule has 0 aromatic rings. The van der Waals surface area contributed by atoms with Crippen LogP contribution in [0, 0.1) is 0 Å². The number of aliphatic hydroxyl groups is 2. The van der Waals surface area contributed by atoms with Crippen molar-refractivity contribution < 1.29 is 10.2 Å². The molecule has 4 heteroatoms. The standard InChI is InChI=1S/C6H12O2S2/c7-4-5(8)6-9-2-1-3-10-6/h5-8H,1-4H2. The van der Waals surface area contributed by atoms with E-state index in [2.05, 4.69) is 0 Å². The molecule has 1 aliphatic rings. The molecule has 1 atom stereocenters. The van der Waals surface area contributed by atoms with E-state index in [4.69, 9.17) is 5.11 Å². The van der Waals surface area contributed by atoms with Gasteiger partial charge in [0.25, 0.3) is 0 Å². The minimum absolute atomic E-state index is 0.106.